The number of likely N-dealkylation sites (tertiary alicyclic amines) is 1. The molecule has 0 amide bonds. The lowest BCUT2D eigenvalue weighted by Crippen LogP contribution is -2.43. The van der Waals surface area contributed by atoms with Gasteiger partial charge in [0.15, 0.2) is 0 Å². The first-order valence-corrected chi connectivity index (χ1v) is 6.33. The van der Waals surface area contributed by atoms with Crippen molar-refractivity contribution in [2.24, 2.45) is 5.92 Å². The molecule has 3 heteroatoms. The van der Waals surface area contributed by atoms with Gasteiger partial charge in [-0.1, -0.05) is 0 Å². The van der Waals surface area contributed by atoms with E-state index in [0.717, 1.165) is 18.6 Å². The molecule has 0 aliphatic carbocycles. The monoisotopic (exact) mass is 212 g/mol. The summed E-state index contributed by atoms with van der Waals surface area (Å²) in [5, 5.41) is 3.58. The van der Waals surface area contributed by atoms with Crippen LogP contribution >= 0.6 is 0 Å². The van der Waals surface area contributed by atoms with Crippen LogP contribution in [0, 0.1) is 5.92 Å². The van der Waals surface area contributed by atoms with Gasteiger partial charge >= 0.3 is 0 Å². The lowest BCUT2D eigenvalue weighted by molar-refractivity contribution is 0.0868. The Labute approximate surface area is 93.2 Å². The summed E-state index contributed by atoms with van der Waals surface area (Å²) in [4.78, 5) is 2.62. The zero-order chi connectivity index (χ0) is 10.5. The molecule has 2 aliphatic rings. The summed E-state index contributed by atoms with van der Waals surface area (Å²) in [6.45, 7) is 5.94. The van der Waals surface area contributed by atoms with Gasteiger partial charge in [0.05, 0.1) is 6.61 Å². The van der Waals surface area contributed by atoms with Crippen molar-refractivity contribution in [3.63, 3.8) is 0 Å². The molecule has 1 unspecified atom stereocenters. The lowest BCUT2D eigenvalue weighted by Gasteiger charge is -2.33. The molecule has 3 nitrogen and oxygen atoms in total. The predicted octanol–water partition coefficient (Wildman–Crippen LogP) is 1.10. The normalized spacial score (nSPS) is 33.4. The molecule has 2 aliphatic heterocycles. The van der Waals surface area contributed by atoms with Gasteiger partial charge in [0.1, 0.15) is 0 Å². The first-order chi connectivity index (χ1) is 7.38. The highest BCUT2D eigenvalue weighted by atomic mass is 16.5. The van der Waals surface area contributed by atoms with E-state index in [2.05, 4.69) is 10.2 Å². The van der Waals surface area contributed by atoms with Gasteiger partial charge in [-0.2, -0.15) is 0 Å². The van der Waals surface area contributed by atoms with Crippen molar-refractivity contribution in [1.29, 1.82) is 0 Å². The Morgan fingerprint density at radius 2 is 2.27 bits per heavy atom. The van der Waals surface area contributed by atoms with Crippen LogP contribution in [0.3, 0.4) is 0 Å². The summed E-state index contributed by atoms with van der Waals surface area (Å²) in [6.07, 6.45) is 5.43. The second-order valence-corrected chi connectivity index (χ2v) is 5.02. The van der Waals surface area contributed by atoms with E-state index in [4.69, 9.17) is 4.74 Å². The van der Waals surface area contributed by atoms with Crippen molar-refractivity contribution < 1.29 is 4.74 Å². The van der Waals surface area contributed by atoms with E-state index in [0.29, 0.717) is 0 Å². The second-order valence-electron chi connectivity index (χ2n) is 5.02. The molecular formula is C12H24N2O. The van der Waals surface area contributed by atoms with Gasteiger partial charge in [-0.25, -0.2) is 0 Å². The first kappa shape index (κ1) is 11.4. The summed E-state index contributed by atoms with van der Waals surface area (Å²) in [5.41, 5.74) is 0. The van der Waals surface area contributed by atoms with Crippen molar-refractivity contribution in [2.75, 3.05) is 39.9 Å². The minimum absolute atomic E-state index is 0.756. The lowest BCUT2D eigenvalue weighted by atomic mass is 9.98. The van der Waals surface area contributed by atoms with Crippen LogP contribution < -0.4 is 5.32 Å². The van der Waals surface area contributed by atoms with E-state index in [9.17, 15) is 0 Å². The van der Waals surface area contributed by atoms with Gasteiger partial charge in [-0.3, -0.25) is 0 Å². The van der Waals surface area contributed by atoms with E-state index >= 15 is 0 Å². The number of hydrogen-bond acceptors (Lipinski definition) is 3. The molecule has 2 heterocycles. The summed E-state index contributed by atoms with van der Waals surface area (Å²) in [7, 11) is 1.82. The van der Waals surface area contributed by atoms with Crippen LogP contribution in [-0.2, 0) is 4.74 Å². The van der Waals surface area contributed by atoms with Gasteiger partial charge in [-0.15, -0.1) is 0 Å². The summed E-state index contributed by atoms with van der Waals surface area (Å²) in [5.74, 6) is 0.769. The molecule has 0 spiro atoms. The highest BCUT2D eigenvalue weighted by Crippen LogP contribution is 2.18. The van der Waals surface area contributed by atoms with Crippen molar-refractivity contribution >= 4 is 0 Å². The number of ether oxygens (including phenoxy) is 1. The fourth-order valence-electron chi connectivity index (χ4n) is 2.91. The molecule has 0 radical (unpaired) electrons. The Hall–Kier alpha value is -0.120. The number of piperidine rings is 1. The number of nitrogens with one attached hydrogen (secondary N) is 1. The van der Waals surface area contributed by atoms with Gasteiger partial charge in [0.25, 0.3) is 0 Å². The average Bonchev–Trinajstić information content (AvgIpc) is 2.71. The molecule has 0 aromatic rings. The van der Waals surface area contributed by atoms with Gasteiger partial charge in [0.2, 0.25) is 0 Å². The van der Waals surface area contributed by atoms with Crippen molar-refractivity contribution in [2.45, 2.75) is 31.7 Å². The highest BCUT2D eigenvalue weighted by Gasteiger charge is 2.23. The highest BCUT2D eigenvalue weighted by molar-refractivity contribution is 4.81. The molecular weight excluding hydrogens is 188 g/mol. The Morgan fingerprint density at radius 1 is 1.33 bits per heavy atom. The Morgan fingerprint density at radius 3 is 3.00 bits per heavy atom. The van der Waals surface area contributed by atoms with Crippen LogP contribution in [0.4, 0.5) is 0 Å². The fraction of sp³-hybridized carbons (Fsp3) is 1.00. The van der Waals surface area contributed by atoms with Crippen LogP contribution in [0.5, 0.6) is 0 Å². The molecule has 0 aromatic heterocycles. The summed E-state index contributed by atoms with van der Waals surface area (Å²) < 4.78 is 5.26. The standard InChI is InChI=1S/C12H24N2O/c1-15-10-11-4-3-7-14(8-11)9-12-5-2-6-13-12/h11-13H,2-10H2,1H3/t11?,12-/m0/s1. The van der Waals surface area contributed by atoms with Crippen LogP contribution in [0.25, 0.3) is 0 Å². The van der Waals surface area contributed by atoms with Gasteiger partial charge in [0, 0.05) is 26.2 Å². The van der Waals surface area contributed by atoms with Gasteiger partial charge in [-0.05, 0) is 44.7 Å². The average molecular weight is 212 g/mol. The zero-order valence-corrected chi connectivity index (χ0v) is 9.87. The van der Waals surface area contributed by atoms with E-state index in [-0.39, 0.29) is 0 Å². The quantitative estimate of drug-likeness (QED) is 0.755. The Bertz CT molecular complexity index is 178. The largest absolute Gasteiger partial charge is 0.384 e. The van der Waals surface area contributed by atoms with E-state index in [1.165, 1.54) is 51.9 Å². The molecule has 0 aromatic carbocycles. The zero-order valence-electron chi connectivity index (χ0n) is 9.87. The SMILES string of the molecule is COCC1CCCN(C[C@@H]2CCCN2)C1. The molecule has 88 valence electrons. The van der Waals surface area contributed by atoms with Crippen molar-refractivity contribution in [1.82, 2.24) is 10.2 Å². The minimum atomic E-state index is 0.756. The topological polar surface area (TPSA) is 24.5 Å². The molecule has 1 N–H and O–H groups in total. The molecule has 15 heavy (non-hydrogen) atoms. The summed E-state index contributed by atoms with van der Waals surface area (Å²) in [6, 6.07) is 0.756. The maximum atomic E-state index is 5.26. The third-order valence-corrected chi connectivity index (χ3v) is 3.65. The molecule has 0 saturated carbocycles. The van der Waals surface area contributed by atoms with Crippen LogP contribution in [0.2, 0.25) is 0 Å². The Balaban J connectivity index is 1.71. The van der Waals surface area contributed by atoms with E-state index in [1.54, 1.807) is 0 Å². The third-order valence-electron chi connectivity index (χ3n) is 3.65. The number of rotatable bonds is 4. The number of nitrogens with zero attached hydrogens (tertiary/aromatic N) is 1. The van der Waals surface area contributed by atoms with Gasteiger partial charge < -0.3 is 15.0 Å². The van der Waals surface area contributed by atoms with Crippen LogP contribution in [0.1, 0.15) is 25.7 Å². The molecule has 0 bridgehead atoms. The van der Waals surface area contributed by atoms with Crippen LogP contribution in [-0.4, -0.2) is 50.8 Å². The maximum Gasteiger partial charge on any atom is 0.0502 e. The van der Waals surface area contributed by atoms with Crippen LogP contribution in [0.15, 0.2) is 0 Å². The second kappa shape index (κ2) is 5.83. The molecule has 2 atom stereocenters. The fourth-order valence-corrected chi connectivity index (χ4v) is 2.91. The molecule has 2 fully saturated rings. The predicted molar refractivity (Wildman–Crippen MR) is 62.1 cm³/mol. The third kappa shape index (κ3) is 3.44. The molecule has 2 saturated heterocycles. The Kier molecular flexibility index (Phi) is 4.42. The van der Waals surface area contributed by atoms with E-state index in [1.807, 2.05) is 7.11 Å². The maximum absolute atomic E-state index is 5.26. The first-order valence-electron chi connectivity index (χ1n) is 6.33. The number of hydrogen-bond donors (Lipinski definition) is 1. The van der Waals surface area contributed by atoms with Crippen molar-refractivity contribution in [3.8, 4) is 0 Å². The number of methoxy groups -OCH3 is 1. The van der Waals surface area contributed by atoms with Crippen molar-refractivity contribution in [3.05, 3.63) is 0 Å². The summed E-state index contributed by atoms with van der Waals surface area (Å²) >= 11 is 0. The molecule has 2 rings (SSSR count). The smallest absolute Gasteiger partial charge is 0.0502 e. The van der Waals surface area contributed by atoms with E-state index < -0.39 is 0 Å². The minimum Gasteiger partial charge on any atom is -0.384 e.